The van der Waals surface area contributed by atoms with E-state index >= 15 is 0 Å². The Labute approximate surface area is 117 Å². The number of hydrogen-bond donors (Lipinski definition) is 2. The maximum atomic E-state index is 5.59. The zero-order chi connectivity index (χ0) is 12.8. The van der Waals surface area contributed by atoms with E-state index in [0.29, 0.717) is 4.99 Å². The number of thiocarbonyl (C=S) groups is 1. The van der Waals surface area contributed by atoms with Crippen LogP contribution in [0.1, 0.15) is 32.3 Å². The molecule has 0 atom stereocenters. The predicted molar refractivity (Wildman–Crippen MR) is 82.6 cm³/mol. The van der Waals surface area contributed by atoms with Crippen LogP contribution >= 0.6 is 28.1 Å². The molecule has 0 aliphatic heterocycles. The summed E-state index contributed by atoms with van der Waals surface area (Å²) in [4.78, 5) is 0.428. The Balaban J connectivity index is 2.69. The molecule has 0 radical (unpaired) electrons. The Morgan fingerprint density at radius 3 is 2.53 bits per heavy atom. The molecule has 0 amide bonds. The molecule has 0 aromatic heterocycles. The van der Waals surface area contributed by atoms with E-state index in [4.69, 9.17) is 18.0 Å². The number of nitrogens with two attached hydrogens (primary N) is 1. The maximum absolute atomic E-state index is 5.59. The van der Waals surface area contributed by atoms with Gasteiger partial charge in [0.15, 0.2) is 0 Å². The number of rotatable bonds is 6. The lowest BCUT2D eigenvalue weighted by molar-refractivity contribution is 0.519. The van der Waals surface area contributed by atoms with Gasteiger partial charge in [-0.2, -0.15) is 0 Å². The van der Waals surface area contributed by atoms with E-state index in [1.165, 1.54) is 12.8 Å². The molecule has 0 saturated heterocycles. The van der Waals surface area contributed by atoms with Crippen LogP contribution in [0.4, 0.5) is 5.69 Å². The number of benzene rings is 1. The van der Waals surface area contributed by atoms with E-state index < -0.39 is 0 Å². The normalized spacial score (nSPS) is 10.6. The average molecular weight is 315 g/mol. The molecule has 4 heteroatoms. The first-order valence-corrected chi connectivity index (χ1v) is 7.11. The van der Waals surface area contributed by atoms with Crippen molar-refractivity contribution in [2.24, 2.45) is 11.7 Å². The molecule has 1 aromatic carbocycles. The van der Waals surface area contributed by atoms with Crippen LogP contribution in [0.15, 0.2) is 22.7 Å². The van der Waals surface area contributed by atoms with E-state index in [2.05, 4.69) is 35.1 Å². The SMILES string of the molecule is CCC(CC)CNc1ccc(C(N)=S)cc1Br. The Morgan fingerprint density at radius 1 is 1.41 bits per heavy atom. The quantitative estimate of drug-likeness (QED) is 0.781. The molecule has 2 nitrogen and oxygen atoms in total. The third kappa shape index (κ3) is 4.28. The van der Waals surface area contributed by atoms with Gasteiger partial charge < -0.3 is 11.1 Å². The molecule has 0 aliphatic carbocycles. The highest BCUT2D eigenvalue weighted by molar-refractivity contribution is 9.10. The zero-order valence-corrected chi connectivity index (χ0v) is 12.7. The van der Waals surface area contributed by atoms with Gasteiger partial charge >= 0.3 is 0 Å². The second-order valence-corrected chi connectivity index (χ2v) is 5.42. The molecule has 0 unspecified atom stereocenters. The third-order valence-corrected chi connectivity index (χ3v) is 3.88. The minimum Gasteiger partial charge on any atom is -0.389 e. The molecule has 3 N–H and O–H groups in total. The van der Waals surface area contributed by atoms with E-state index in [0.717, 1.165) is 28.2 Å². The molecule has 0 heterocycles. The van der Waals surface area contributed by atoms with Gasteiger partial charge in [-0.05, 0) is 40.0 Å². The van der Waals surface area contributed by atoms with Gasteiger partial charge in [0.05, 0.1) is 0 Å². The van der Waals surface area contributed by atoms with Crippen molar-refractivity contribution >= 4 is 38.8 Å². The molecule has 1 rings (SSSR count). The fourth-order valence-electron chi connectivity index (χ4n) is 1.64. The van der Waals surface area contributed by atoms with Crippen molar-refractivity contribution in [2.75, 3.05) is 11.9 Å². The van der Waals surface area contributed by atoms with Gasteiger partial charge in [-0.3, -0.25) is 0 Å². The molecule has 0 fully saturated rings. The standard InChI is InChI=1S/C13H19BrN2S/c1-3-9(4-2)8-16-12-6-5-10(13(15)17)7-11(12)14/h5-7,9,16H,3-4,8H2,1-2H3,(H2,15,17). The third-order valence-electron chi connectivity index (χ3n) is 2.99. The van der Waals surface area contributed by atoms with Gasteiger partial charge in [-0.1, -0.05) is 38.9 Å². The van der Waals surface area contributed by atoms with Gasteiger partial charge in [0.25, 0.3) is 0 Å². The zero-order valence-electron chi connectivity index (χ0n) is 10.3. The Kier molecular flexibility index (Phi) is 5.92. The van der Waals surface area contributed by atoms with Crippen molar-refractivity contribution in [1.82, 2.24) is 0 Å². The summed E-state index contributed by atoms with van der Waals surface area (Å²) in [6.07, 6.45) is 2.40. The van der Waals surface area contributed by atoms with E-state index in [-0.39, 0.29) is 0 Å². The lowest BCUT2D eigenvalue weighted by Crippen LogP contribution is -2.14. The first kappa shape index (κ1) is 14.5. The van der Waals surface area contributed by atoms with Crippen LogP contribution in [0.2, 0.25) is 0 Å². The highest BCUT2D eigenvalue weighted by atomic mass is 79.9. The van der Waals surface area contributed by atoms with Crippen molar-refractivity contribution in [3.05, 3.63) is 28.2 Å². The summed E-state index contributed by atoms with van der Waals surface area (Å²) in [6, 6.07) is 5.92. The first-order chi connectivity index (χ1) is 8.08. The van der Waals surface area contributed by atoms with Crippen LogP contribution in [-0.4, -0.2) is 11.5 Å². The van der Waals surface area contributed by atoms with Gasteiger partial charge in [-0.25, -0.2) is 0 Å². The van der Waals surface area contributed by atoms with Gasteiger partial charge in [0.1, 0.15) is 4.99 Å². The smallest absolute Gasteiger partial charge is 0.104 e. The molecular weight excluding hydrogens is 296 g/mol. The highest BCUT2D eigenvalue weighted by Crippen LogP contribution is 2.24. The van der Waals surface area contributed by atoms with Gasteiger partial charge in [0, 0.05) is 22.3 Å². The molecule has 0 aliphatic rings. The second kappa shape index (κ2) is 6.97. The molecule has 1 aromatic rings. The highest BCUT2D eigenvalue weighted by Gasteiger charge is 2.06. The van der Waals surface area contributed by atoms with E-state index in [1.807, 2.05) is 18.2 Å². The van der Waals surface area contributed by atoms with Crippen molar-refractivity contribution in [1.29, 1.82) is 0 Å². The van der Waals surface area contributed by atoms with Crippen LogP contribution in [0.5, 0.6) is 0 Å². The van der Waals surface area contributed by atoms with Crippen LogP contribution in [0.3, 0.4) is 0 Å². The molecule has 0 bridgehead atoms. The predicted octanol–water partition coefficient (Wildman–Crippen LogP) is 3.93. The first-order valence-electron chi connectivity index (χ1n) is 5.91. The van der Waals surface area contributed by atoms with Crippen molar-refractivity contribution < 1.29 is 0 Å². The molecule has 0 spiro atoms. The van der Waals surface area contributed by atoms with Gasteiger partial charge in [-0.15, -0.1) is 0 Å². The van der Waals surface area contributed by atoms with E-state index in [9.17, 15) is 0 Å². The fourth-order valence-corrected chi connectivity index (χ4v) is 2.29. The van der Waals surface area contributed by atoms with Crippen LogP contribution in [0.25, 0.3) is 0 Å². The van der Waals surface area contributed by atoms with E-state index in [1.54, 1.807) is 0 Å². The summed E-state index contributed by atoms with van der Waals surface area (Å²) < 4.78 is 1.01. The summed E-state index contributed by atoms with van der Waals surface area (Å²) in [5.41, 5.74) is 7.57. The number of halogens is 1. The molecule has 94 valence electrons. The number of nitrogens with one attached hydrogen (secondary N) is 1. The summed E-state index contributed by atoms with van der Waals surface area (Å²) in [7, 11) is 0. The molecule has 17 heavy (non-hydrogen) atoms. The van der Waals surface area contributed by atoms with Crippen molar-refractivity contribution in [2.45, 2.75) is 26.7 Å². The summed E-state index contributed by atoms with van der Waals surface area (Å²) in [6.45, 7) is 5.44. The molecule has 0 saturated carbocycles. The Bertz CT molecular complexity index is 389. The number of anilines is 1. The summed E-state index contributed by atoms with van der Waals surface area (Å²) in [5.74, 6) is 0.720. The summed E-state index contributed by atoms with van der Waals surface area (Å²) >= 11 is 8.48. The maximum Gasteiger partial charge on any atom is 0.104 e. The van der Waals surface area contributed by atoms with Crippen LogP contribution < -0.4 is 11.1 Å². The molecular formula is C13H19BrN2S. The van der Waals surface area contributed by atoms with Gasteiger partial charge in [0.2, 0.25) is 0 Å². The lowest BCUT2D eigenvalue weighted by atomic mass is 10.0. The Hall–Kier alpha value is -0.610. The van der Waals surface area contributed by atoms with Crippen LogP contribution in [-0.2, 0) is 0 Å². The Morgan fingerprint density at radius 2 is 2.06 bits per heavy atom. The van der Waals surface area contributed by atoms with Crippen LogP contribution in [0, 0.1) is 5.92 Å². The average Bonchev–Trinajstić information content (AvgIpc) is 2.31. The fraction of sp³-hybridized carbons (Fsp3) is 0.462. The monoisotopic (exact) mass is 314 g/mol. The van der Waals surface area contributed by atoms with Crippen molar-refractivity contribution in [3.63, 3.8) is 0 Å². The number of hydrogen-bond acceptors (Lipinski definition) is 2. The largest absolute Gasteiger partial charge is 0.389 e. The summed E-state index contributed by atoms with van der Waals surface area (Å²) in [5, 5.41) is 3.45. The second-order valence-electron chi connectivity index (χ2n) is 4.12. The minimum atomic E-state index is 0.428. The van der Waals surface area contributed by atoms with Crippen molar-refractivity contribution in [3.8, 4) is 0 Å². The minimum absolute atomic E-state index is 0.428. The lowest BCUT2D eigenvalue weighted by Gasteiger charge is -2.15. The topological polar surface area (TPSA) is 38.0 Å².